The van der Waals surface area contributed by atoms with Crippen LogP contribution in [0.4, 0.5) is 0 Å². The molecule has 0 saturated carbocycles. The van der Waals surface area contributed by atoms with Gasteiger partial charge in [-0.05, 0) is 61.6 Å². The van der Waals surface area contributed by atoms with Gasteiger partial charge in [0.05, 0.1) is 0 Å². The molecule has 0 aliphatic carbocycles. The van der Waals surface area contributed by atoms with Crippen molar-refractivity contribution >= 4 is 11.8 Å². The van der Waals surface area contributed by atoms with Gasteiger partial charge in [0, 0.05) is 13.1 Å². The highest BCUT2D eigenvalue weighted by atomic mass is 16.5. The van der Waals surface area contributed by atoms with E-state index in [-0.39, 0.29) is 18.4 Å². The molecule has 2 aromatic carbocycles. The summed E-state index contributed by atoms with van der Waals surface area (Å²) in [4.78, 5) is 24.2. The maximum atomic E-state index is 12.3. The van der Waals surface area contributed by atoms with E-state index in [1.807, 2.05) is 56.3 Å². The summed E-state index contributed by atoms with van der Waals surface area (Å²) >= 11 is 0. The van der Waals surface area contributed by atoms with Crippen LogP contribution in [0.2, 0.25) is 0 Å². The lowest BCUT2D eigenvalue weighted by atomic mass is 10.0. The van der Waals surface area contributed by atoms with Crippen molar-refractivity contribution in [2.45, 2.75) is 46.6 Å². The third-order valence-corrected chi connectivity index (χ3v) is 4.81. The number of aryl methyl sites for hydroxylation is 2. The number of carbonyl (C=O) groups is 2. The minimum absolute atomic E-state index is 0.0675. The minimum Gasteiger partial charge on any atom is -0.484 e. The number of ether oxygens (including phenoxy) is 2. The van der Waals surface area contributed by atoms with Crippen LogP contribution < -0.4 is 20.1 Å². The zero-order chi connectivity index (χ0) is 22.1. The molecule has 0 radical (unpaired) electrons. The summed E-state index contributed by atoms with van der Waals surface area (Å²) in [6.07, 6.45) is -0.631. The van der Waals surface area contributed by atoms with Gasteiger partial charge < -0.3 is 20.1 Å². The number of para-hydroxylation sites is 1. The smallest absolute Gasteiger partial charge is 0.260 e. The zero-order valence-electron chi connectivity index (χ0n) is 18.5. The molecule has 2 amide bonds. The van der Waals surface area contributed by atoms with E-state index >= 15 is 0 Å². The first-order valence-corrected chi connectivity index (χ1v) is 10.3. The summed E-state index contributed by atoms with van der Waals surface area (Å²) in [6.45, 7) is 10.5. The number of carbonyl (C=O) groups excluding carboxylic acids is 2. The van der Waals surface area contributed by atoms with Gasteiger partial charge in [0.15, 0.2) is 12.7 Å². The number of benzene rings is 2. The van der Waals surface area contributed by atoms with Crippen LogP contribution in [0.5, 0.6) is 11.5 Å². The van der Waals surface area contributed by atoms with Crippen molar-refractivity contribution in [3.05, 3.63) is 59.2 Å². The third-order valence-electron chi connectivity index (χ3n) is 4.81. The fourth-order valence-corrected chi connectivity index (χ4v) is 2.84. The van der Waals surface area contributed by atoms with Gasteiger partial charge in [-0.25, -0.2) is 0 Å². The van der Waals surface area contributed by atoms with E-state index in [0.29, 0.717) is 30.5 Å². The largest absolute Gasteiger partial charge is 0.484 e. The van der Waals surface area contributed by atoms with E-state index in [0.717, 1.165) is 11.1 Å². The number of hydrogen-bond acceptors (Lipinski definition) is 4. The summed E-state index contributed by atoms with van der Waals surface area (Å²) < 4.78 is 11.3. The molecule has 1 unspecified atom stereocenters. The normalized spacial score (nSPS) is 11.7. The van der Waals surface area contributed by atoms with Crippen molar-refractivity contribution in [2.75, 3.05) is 19.7 Å². The summed E-state index contributed by atoms with van der Waals surface area (Å²) in [6, 6.07) is 13.4. The van der Waals surface area contributed by atoms with Crippen molar-refractivity contribution in [1.29, 1.82) is 0 Å². The maximum absolute atomic E-state index is 12.3. The molecule has 0 fully saturated rings. The molecule has 0 spiro atoms. The molecule has 0 heterocycles. The molecule has 0 aliphatic rings. The Kier molecular flexibility index (Phi) is 8.71. The molecule has 162 valence electrons. The summed E-state index contributed by atoms with van der Waals surface area (Å²) in [5, 5.41) is 5.50. The Bertz CT molecular complexity index is 864. The highest BCUT2D eigenvalue weighted by Gasteiger charge is 2.16. The van der Waals surface area contributed by atoms with Crippen molar-refractivity contribution in [1.82, 2.24) is 10.6 Å². The Morgan fingerprint density at radius 3 is 2.33 bits per heavy atom. The van der Waals surface area contributed by atoms with Gasteiger partial charge in [0.2, 0.25) is 0 Å². The minimum atomic E-state index is -0.631. The van der Waals surface area contributed by atoms with Crippen LogP contribution >= 0.6 is 0 Å². The molecule has 0 aliphatic heterocycles. The van der Waals surface area contributed by atoms with Crippen LogP contribution in [0.15, 0.2) is 42.5 Å². The Morgan fingerprint density at radius 1 is 0.933 bits per heavy atom. The first kappa shape index (κ1) is 23.3. The second kappa shape index (κ2) is 11.2. The third kappa shape index (κ3) is 7.10. The van der Waals surface area contributed by atoms with E-state index < -0.39 is 6.10 Å². The number of rotatable bonds is 10. The second-order valence-corrected chi connectivity index (χ2v) is 7.63. The molecule has 6 heteroatoms. The van der Waals surface area contributed by atoms with Crippen LogP contribution in [-0.4, -0.2) is 37.6 Å². The molecule has 2 rings (SSSR count). The average Bonchev–Trinajstić information content (AvgIpc) is 2.72. The maximum Gasteiger partial charge on any atom is 0.260 e. The van der Waals surface area contributed by atoms with E-state index in [1.165, 1.54) is 5.56 Å². The van der Waals surface area contributed by atoms with Crippen LogP contribution in [0.3, 0.4) is 0 Å². The molecule has 2 aromatic rings. The lowest BCUT2D eigenvalue weighted by Crippen LogP contribution is -2.41. The van der Waals surface area contributed by atoms with Crippen LogP contribution in [0.1, 0.15) is 43.4 Å². The van der Waals surface area contributed by atoms with Gasteiger partial charge in [-0.1, -0.05) is 38.1 Å². The highest BCUT2D eigenvalue weighted by molar-refractivity contribution is 5.81. The topological polar surface area (TPSA) is 76.7 Å². The van der Waals surface area contributed by atoms with Gasteiger partial charge >= 0.3 is 0 Å². The molecule has 0 saturated heterocycles. The van der Waals surface area contributed by atoms with E-state index in [1.54, 1.807) is 6.92 Å². The Morgan fingerprint density at radius 2 is 1.63 bits per heavy atom. The summed E-state index contributed by atoms with van der Waals surface area (Å²) in [7, 11) is 0. The van der Waals surface area contributed by atoms with E-state index in [9.17, 15) is 9.59 Å². The SMILES string of the molecule is Cc1ccc(OCC(=O)NCCNC(=O)C(C)Oc2ccccc2C(C)C)cc1C. The Hall–Kier alpha value is -3.02. The first-order valence-electron chi connectivity index (χ1n) is 10.3. The lowest BCUT2D eigenvalue weighted by Gasteiger charge is -2.18. The molecule has 6 nitrogen and oxygen atoms in total. The zero-order valence-corrected chi connectivity index (χ0v) is 18.5. The Balaban J connectivity index is 1.68. The Labute approximate surface area is 179 Å². The number of nitrogens with one attached hydrogen (secondary N) is 2. The molecule has 0 bridgehead atoms. The molecular formula is C24H32N2O4. The highest BCUT2D eigenvalue weighted by Crippen LogP contribution is 2.26. The fourth-order valence-electron chi connectivity index (χ4n) is 2.84. The van der Waals surface area contributed by atoms with Crippen LogP contribution in [0, 0.1) is 13.8 Å². The predicted molar refractivity (Wildman–Crippen MR) is 118 cm³/mol. The van der Waals surface area contributed by atoms with E-state index in [4.69, 9.17) is 9.47 Å². The van der Waals surface area contributed by atoms with Gasteiger partial charge in [-0.3, -0.25) is 9.59 Å². The van der Waals surface area contributed by atoms with Gasteiger partial charge in [0.25, 0.3) is 11.8 Å². The van der Waals surface area contributed by atoms with Crippen molar-refractivity contribution in [2.24, 2.45) is 0 Å². The fraction of sp³-hybridized carbons (Fsp3) is 0.417. The standard InChI is InChI=1S/C24H32N2O4/c1-16(2)21-8-6-7-9-22(21)30-19(5)24(28)26-13-12-25-23(27)15-29-20-11-10-17(3)18(4)14-20/h6-11,14,16,19H,12-13,15H2,1-5H3,(H,25,27)(H,26,28). The van der Waals surface area contributed by atoms with Crippen molar-refractivity contribution in [3.8, 4) is 11.5 Å². The van der Waals surface area contributed by atoms with Crippen LogP contribution in [-0.2, 0) is 9.59 Å². The van der Waals surface area contributed by atoms with Crippen molar-refractivity contribution in [3.63, 3.8) is 0 Å². The molecular weight excluding hydrogens is 380 g/mol. The first-order chi connectivity index (χ1) is 14.3. The number of amides is 2. The van der Waals surface area contributed by atoms with Gasteiger partial charge in [-0.15, -0.1) is 0 Å². The number of hydrogen-bond donors (Lipinski definition) is 2. The predicted octanol–water partition coefficient (Wildman–Crippen LogP) is 3.51. The monoisotopic (exact) mass is 412 g/mol. The van der Waals surface area contributed by atoms with Crippen LogP contribution in [0.25, 0.3) is 0 Å². The second-order valence-electron chi connectivity index (χ2n) is 7.63. The molecule has 1 atom stereocenters. The molecule has 2 N–H and O–H groups in total. The summed E-state index contributed by atoms with van der Waals surface area (Å²) in [5.74, 6) is 1.21. The molecule has 30 heavy (non-hydrogen) atoms. The van der Waals surface area contributed by atoms with Gasteiger partial charge in [0.1, 0.15) is 11.5 Å². The molecule has 0 aromatic heterocycles. The summed E-state index contributed by atoms with van der Waals surface area (Å²) in [5.41, 5.74) is 3.35. The van der Waals surface area contributed by atoms with Gasteiger partial charge in [-0.2, -0.15) is 0 Å². The lowest BCUT2D eigenvalue weighted by molar-refractivity contribution is -0.127. The van der Waals surface area contributed by atoms with Crippen molar-refractivity contribution < 1.29 is 19.1 Å². The average molecular weight is 413 g/mol. The quantitative estimate of drug-likeness (QED) is 0.586. The van der Waals surface area contributed by atoms with E-state index in [2.05, 4.69) is 24.5 Å².